The monoisotopic (exact) mass is 484 g/mol. The molecule has 0 spiro atoms. The highest BCUT2D eigenvalue weighted by Crippen LogP contribution is 2.26. The van der Waals surface area contributed by atoms with Crippen LogP contribution in [-0.2, 0) is 0 Å². The van der Waals surface area contributed by atoms with E-state index in [4.69, 9.17) is 4.98 Å². The van der Waals surface area contributed by atoms with Crippen molar-refractivity contribution in [1.82, 2.24) is 19.3 Å². The molecule has 2 aromatic heterocycles. The normalized spacial score (nSPS) is 11.4. The Hall–Kier alpha value is -3.51. The molecule has 0 amide bonds. The molecule has 2 heterocycles. The molecule has 5 rings (SSSR count). The summed E-state index contributed by atoms with van der Waals surface area (Å²) in [6.07, 6.45) is 1.60. The molecule has 0 saturated carbocycles. The maximum Gasteiger partial charge on any atom is 0.269 e. The Balaban J connectivity index is 1.80. The van der Waals surface area contributed by atoms with Crippen molar-refractivity contribution in [2.75, 3.05) is 0 Å². The molecular formula is C26H21BrN4O. The molecule has 0 aliphatic rings. The number of fused-ring (bicyclic) bond motifs is 1. The van der Waals surface area contributed by atoms with E-state index in [2.05, 4.69) is 47.0 Å². The summed E-state index contributed by atoms with van der Waals surface area (Å²) in [7, 11) is 0. The average Bonchev–Trinajstić information content (AvgIpc) is 3.25. The van der Waals surface area contributed by atoms with Crippen LogP contribution in [0.3, 0.4) is 0 Å². The van der Waals surface area contributed by atoms with E-state index in [1.165, 1.54) is 5.56 Å². The molecular weight excluding hydrogens is 464 g/mol. The van der Waals surface area contributed by atoms with Gasteiger partial charge in [-0.25, -0.2) is 9.67 Å². The Labute approximate surface area is 194 Å². The predicted octanol–water partition coefficient (Wildman–Crippen LogP) is 6.12. The summed E-state index contributed by atoms with van der Waals surface area (Å²) in [5.74, 6) is 0.987. The molecule has 5 nitrogen and oxygen atoms in total. The number of halogens is 1. The van der Waals surface area contributed by atoms with Crippen molar-refractivity contribution in [3.8, 4) is 22.8 Å². The lowest BCUT2D eigenvalue weighted by Crippen LogP contribution is -2.22. The van der Waals surface area contributed by atoms with Gasteiger partial charge in [0.2, 0.25) is 0 Å². The van der Waals surface area contributed by atoms with Gasteiger partial charge >= 0.3 is 0 Å². The highest BCUT2D eigenvalue weighted by Gasteiger charge is 2.18. The van der Waals surface area contributed by atoms with Crippen LogP contribution in [0.5, 0.6) is 0 Å². The summed E-state index contributed by atoms with van der Waals surface area (Å²) >= 11 is 3.49. The first-order valence-corrected chi connectivity index (χ1v) is 11.2. The molecule has 0 aliphatic heterocycles. The Morgan fingerprint density at radius 3 is 2.19 bits per heavy atom. The van der Waals surface area contributed by atoms with Gasteiger partial charge in [-0.2, -0.15) is 5.10 Å². The fourth-order valence-corrected chi connectivity index (χ4v) is 4.03. The van der Waals surface area contributed by atoms with Crippen molar-refractivity contribution in [2.24, 2.45) is 0 Å². The van der Waals surface area contributed by atoms with Crippen molar-refractivity contribution >= 4 is 27.0 Å². The lowest BCUT2D eigenvalue weighted by molar-refractivity contribution is 0.863. The second kappa shape index (κ2) is 8.20. The van der Waals surface area contributed by atoms with Crippen LogP contribution >= 0.6 is 15.9 Å². The van der Waals surface area contributed by atoms with Crippen molar-refractivity contribution in [1.29, 1.82) is 0 Å². The molecule has 0 saturated heterocycles. The summed E-state index contributed by atoms with van der Waals surface area (Å²) in [4.78, 5) is 18.7. The molecule has 0 radical (unpaired) electrons. The van der Waals surface area contributed by atoms with Crippen LogP contribution in [0.15, 0.2) is 94.3 Å². The number of para-hydroxylation sites is 1. The zero-order chi connectivity index (χ0) is 22.2. The predicted molar refractivity (Wildman–Crippen MR) is 132 cm³/mol. The number of hydrogen-bond acceptors (Lipinski definition) is 3. The van der Waals surface area contributed by atoms with Gasteiger partial charge in [-0.15, -0.1) is 0 Å². The summed E-state index contributed by atoms with van der Waals surface area (Å²) in [5, 5.41) is 4.96. The number of aromatic nitrogens is 4. The first-order chi connectivity index (χ1) is 15.5. The highest BCUT2D eigenvalue weighted by molar-refractivity contribution is 9.10. The van der Waals surface area contributed by atoms with E-state index in [1.54, 1.807) is 15.4 Å². The van der Waals surface area contributed by atoms with Gasteiger partial charge in [0, 0.05) is 10.0 Å². The Kier molecular flexibility index (Phi) is 5.23. The van der Waals surface area contributed by atoms with Gasteiger partial charge in [0.05, 0.1) is 17.6 Å². The van der Waals surface area contributed by atoms with Crippen molar-refractivity contribution < 1.29 is 0 Å². The molecule has 6 heteroatoms. The SMILES string of the molecule is CC(C)c1ccc(-n2c(-c3ccc(Br)cc3)nc3c(cnn3-c3ccccc3)c2=O)cc1. The average molecular weight is 485 g/mol. The smallest absolute Gasteiger partial charge is 0.268 e. The lowest BCUT2D eigenvalue weighted by Gasteiger charge is -2.14. The standard InChI is InChI=1S/C26H21BrN4O/c1-17(2)18-10-14-21(15-11-18)30-24(19-8-12-20(27)13-9-19)29-25-23(26(30)32)16-28-31(25)22-6-4-3-5-7-22/h3-17H,1-2H3. The fourth-order valence-electron chi connectivity index (χ4n) is 3.77. The van der Waals surface area contributed by atoms with Crippen molar-refractivity contribution in [3.05, 3.63) is 105 Å². The Morgan fingerprint density at radius 1 is 0.844 bits per heavy atom. The van der Waals surface area contributed by atoms with E-state index in [-0.39, 0.29) is 5.56 Å². The van der Waals surface area contributed by atoms with Gasteiger partial charge < -0.3 is 0 Å². The first-order valence-electron chi connectivity index (χ1n) is 10.5. The van der Waals surface area contributed by atoms with Crippen LogP contribution in [0, 0.1) is 0 Å². The molecule has 0 unspecified atom stereocenters. The van der Waals surface area contributed by atoms with Crippen molar-refractivity contribution in [2.45, 2.75) is 19.8 Å². The number of rotatable bonds is 4. The Morgan fingerprint density at radius 2 is 1.53 bits per heavy atom. The number of benzene rings is 3. The third-order valence-electron chi connectivity index (χ3n) is 5.52. The van der Waals surface area contributed by atoms with E-state index in [0.29, 0.717) is 22.8 Å². The maximum atomic E-state index is 13.7. The van der Waals surface area contributed by atoms with Crippen LogP contribution in [0.4, 0.5) is 0 Å². The molecule has 0 atom stereocenters. The number of nitrogens with zero attached hydrogens (tertiary/aromatic N) is 4. The summed E-state index contributed by atoms with van der Waals surface area (Å²) < 4.78 is 4.35. The van der Waals surface area contributed by atoms with Gasteiger partial charge in [-0.1, -0.05) is 72.2 Å². The largest absolute Gasteiger partial charge is 0.269 e. The van der Waals surface area contributed by atoms with Crippen LogP contribution in [0.1, 0.15) is 25.3 Å². The maximum absolute atomic E-state index is 13.7. The van der Waals surface area contributed by atoms with Crippen LogP contribution in [-0.4, -0.2) is 19.3 Å². The zero-order valence-electron chi connectivity index (χ0n) is 17.7. The van der Waals surface area contributed by atoms with Crippen LogP contribution in [0.25, 0.3) is 33.8 Å². The fraction of sp³-hybridized carbons (Fsp3) is 0.115. The van der Waals surface area contributed by atoms with Crippen molar-refractivity contribution in [3.63, 3.8) is 0 Å². The Bertz CT molecular complexity index is 1450. The molecule has 158 valence electrons. The summed E-state index contributed by atoms with van der Waals surface area (Å²) in [5.41, 5.74) is 4.09. The van der Waals surface area contributed by atoms with Gasteiger partial charge in [-0.3, -0.25) is 9.36 Å². The van der Waals surface area contributed by atoms with Crippen LogP contribution < -0.4 is 5.56 Å². The van der Waals surface area contributed by atoms with Crippen LogP contribution in [0.2, 0.25) is 0 Å². The molecule has 5 aromatic rings. The van der Waals surface area contributed by atoms with Gasteiger partial charge in [0.25, 0.3) is 5.56 Å². The second-order valence-electron chi connectivity index (χ2n) is 7.96. The second-order valence-corrected chi connectivity index (χ2v) is 8.87. The van der Waals surface area contributed by atoms with E-state index >= 15 is 0 Å². The molecule has 0 aliphatic carbocycles. The highest BCUT2D eigenvalue weighted by atomic mass is 79.9. The van der Waals surface area contributed by atoms with E-state index in [1.807, 2.05) is 66.7 Å². The minimum atomic E-state index is -0.146. The quantitative estimate of drug-likeness (QED) is 0.308. The van der Waals surface area contributed by atoms with Gasteiger partial charge in [0.15, 0.2) is 5.65 Å². The third-order valence-corrected chi connectivity index (χ3v) is 6.05. The van der Waals surface area contributed by atoms with E-state index in [9.17, 15) is 4.79 Å². The molecule has 0 N–H and O–H groups in total. The number of hydrogen-bond donors (Lipinski definition) is 0. The molecule has 3 aromatic carbocycles. The van der Waals surface area contributed by atoms with E-state index < -0.39 is 0 Å². The van der Waals surface area contributed by atoms with Gasteiger partial charge in [0.1, 0.15) is 11.2 Å². The summed E-state index contributed by atoms with van der Waals surface area (Å²) in [6, 6.07) is 25.6. The van der Waals surface area contributed by atoms with Gasteiger partial charge in [-0.05, 0) is 47.9 Å². The van der Waals surface area contributed by atoms with E-state index in [0.717, 1.165) is 21.4 Å². The minimum Gasteiger partial charge on any atom is -0.268 e. The lowest BCUT2D eigenvalue weighted by atomic mass is 10.0. The first kappa shape index (κ1) is 20.4. The third kappa shape index (κ3) is 3.56. The molecule has 0 fully saturated rings. The molecule has 0 bridgehead atoms. The summed E-state index contributed by atoms with van der Waals surface area (Å²) in [6.45, 7) is 4.31. The topological polar surface area (TPSA) is 52.7 Å². The molecule has 32 heavy (non-hydrogen) atoms. The zero-order valence-corrected chi connectivity index (χ0v) is 19.3. The minimum absolute atomic E-state index is 0.146.